The lowest BCUT2D eigenvalue weighted by Crippen LogP contribution is -2.34. The van der Waals surface area contributed by atoms with Crippen LogP contribution in [0.1, 0.15) is 26.3 Å². The van der Waals surface area contributed by atoms with Crippen LogP contribution in [-0.4, -0.2) is 11.0 Å². The summed E-state index contributed by atoms with van der Waals surface area (Å²) in [6, 6.07) is 16.8. The molecular formula is C16H21NS. The maximum absolute atomic E-state index is 5.37. The second-order valence-corrected chi connectivity index (χ2v) is 5.13. The van der Waals surface area contributed by atoms with E-state index in [0.29, 0.717) is 6.04 Å². The van der Waals surface area contributed by atoms with E-state index in [2.05, 4.69) is 49.9 Å². The monoisotopic (exact) mass is 259 g/mol. The molecule has 0 bridgehead atoms. The SMILES string of the molecule is CC(=S)N(c1ccccccccc1C)C(C)C. The van der Waals surface area contributed by atoms with Gasteiger partial charge >= 0.3 is 0 Å². The molecule has 1 rings (SSSR count). The molecule has 0 atom stereocenters. The molecule has 0 heterocycles. The molecule has 0 N–H and O–H groups in total. The maximum Gasteiger partial charge on any atom is 0.0794 e. The molecule has 0 amide bonds. The van der Waals surface area contributed by atoms with Gasteiger partial charge in [0, 0.05) is 11.7 Å². The standard InChI is InChI=1S/C16H21NS/c1-13(2)17(15(4)18)16-12-10-8-6-5-7-9-11-14(16)3/h5-13H,1-4H3. The Kier molecular flexibility index (Phi) is 5.79. The maximum atomic E-state index is 5.37. The first-order chi connectivity index (χ1) is 8.54. The topological polar surface area (TPSA) is 3.24 Å². The van der Waals surface area contributed by atoms with E-state index in [9.17, 15) is 0 Å². The quantitative estimate of drug-likeness (QED) is 0.709. The Labute approximate surface area is 116 Å². The van der Waals surface area contributed by atoms with Crippen LogP contribution in [0.15, 0.2) is 48.5 Å². The molecule has 0 saturated heterocycles. The van der Waals surface area contributed by atoms with E-state index in [1.165, 1.54) is 5.56 Å². The van der Waals surface area contributed by atoms with Gasteiger partial charge in [-0.2, -0.15) is 0 Å². The van der Waals surface area contributed by atoms with Crippen molar-refractivity contribution in [2.45, 2.75) is 33.7 Å². The first kappa shape index (κ1) is 14.7. The number of hydrogen-bond acceptors (Lipinski definition) is 1. The fraction of sp³-hybridized carbons (Fsp3) is 0.312. The van der Waals surface area contributed by atoms with Gasteiger partial charge in [-0.15, -0.1) is 0 Å². The summed E-state index contributed by atoms with van der Waals surface area (Å²) in [7, 11) is 0. The average molecular weight is 259 g/mol. The molecule has 2 heteroatoms. The lowest BCUT2D eigenvalue weighted by atomic mass is 10.2. The van der Waals surface area contributed by atoms with Gasteiger partial charge in [-0.1, -0.05) is 54.7 Å². The van der Waals surface area contributed by atoms with Gasteiger partial charge in [0.25, 0.3) is 0 Å². The Morgan fingerprint density at radius 2 is 1.50 bits per heavy atom. The predicted octanol–water partition coefficient (Wildman–Crippen LogP) is 4.68. The third-order valence-electron chi connectivity index (χ3n) is 2.68. The molecule has 0 aliphatic carbocycles. The van der Waals surface area contributed by atoms with Gasteiger partial charge in [0.15, 0.2) is 0 Å². The average Bonchev–Trinajstić information content (AvgIpc) is 2.29. The lowest BCUT2D eigenvalue weighted by molar-refractivity contribution is 0.808. The number of anilines is 1. The molecule has 0 spiro atoms. The van der Waals surface area contributed by atoms with E-state index < -0.39 is 0 Å². The largest absolute Gasteiger partial charge is 0.333 e. The third kappa shape index (κ3) is 4.11. The molecule has 18 heavy (non-hydrogen) atoms. The van der Waals surface area contributed by atoms with Crippen molar-refractivity contribution in [3.8, 4) is 0 Å². The molecule has 0 aliphatic heterocycles. The van der Waals surface area contributed by atoms with Crippen LogP contribution >= 0.6 is 12.2 Å². The second-order valence-electron chi connectivity index (χ2n) is 4.54. The number of aryl methyl sites for hydroxylation is 1. The molecule has 0 saturated carbocycles. The summed E-state index contributed by atoms with van der Waals surface area (Å²) in [6.07, 6.45) is 0. The summed E-state index contributed by atoms with van der Waals surface area (Å²) in [4.78, 5) is 3.08. The minimum absolute atomic E-state index is 0.355. The van der Waals surface area contributed by atoms with Crippen LogP contribution in [0.4, 0.5) is 5.69 Å². The first-order valence-electron chi connectivity index (χ1n) is 6.22. The van der Waals surface area contributed by atoms with Crippen LogP contribution in [0.25, 0.3) is 0 Å². The van der Waals surface area contributed by atoms with Gasteiger partial charge in [-0.05, 0) is 39.3 Å². The van der Waals surface area contributed by atoms with Crippen LogP contribution in [0.5, 0.6) is 0 Å². The normalized spacial score (nSPS) is 9.83. The highest BCUT2D eigenvalue weighted by Gasteiger charge is 2.12. The van der Waals surface area contributed by atoms with E-state index in [0.717, 1.165) is 10.7 Å². The van der Waals surface area contributed by atoms with E-state index in [1.54, 1.807) is 0 Å². The van der Waals surface area contributed by atoms with Gasteiger partial charge in [-0.3, -0.25) is 0 Å². The van der Waals surface area contributed by atoms with Crippen LogP contribution in [0.3, 0.4) is 0 Å². The Morgan fingerprint density at radius 1 is 1.00 bits per heavy atom. The number of nitrogens with zero attached hydrogens (tertiary/aromatic N) is 1. The number of thiocarbonyl (C=S) groups is 1. The molecule has 0 aliphatic rings. The van der Waals surface area contributed by atoms with Gasteiger partial charge in [-0.25, -0.2) is 0 Å². The van der Waals surface area contributed by atoms with Gasteiger partial charge in [0.05, 0.1) is 4.99 Å². The fourth-order valence-electron chi connectivity index (χ4n) is 1.90. The minimum Gasteiger partial charge on any atom is -0.333 e. The summed E-state index contributed by atoms with van der Waals surface area (Å²) in [5.41, 5.74) is 2.37. The Morgan fingerprint density at radius 3 is 2.00 bits per heavy atom. The highest BCUT2D eigenvalue weighted by Crippen LogP contribution is 2.20. The van der Waals surface area contributed by atoms with Crippen LogP contribution in [0.2, 0.25) is 0 Å². The van der Waals surface area contributed by atoms with E-state index in [-0.39, 0.29) is 0 Å². The summed E-state index contributed by atoms with van der Waals surface area (Å²) >= 11 is 5.37. The van der Waals surface area contributed by atoms with Gasteiger partial charge < -0.3 is 4.90 Å². The van der Waals surface area contributed by atoms with Crippen molar-refractivity contribution in [1.82, 2.24) is 0 Å². The number of rotatable bonds is 2. The predicted molar refractivity (Wildman–Crippen MR) is 84.7 cm³/mol. The zero-order valence-electron chi connectivity index (χ0n) is 11.6. The van der Waals surface area contributed by atoms with Crippen molar-refractivity contribution in [3.63, 3.8) is 0 Å². The number of hydrogen-bond donors (Lipinski definition) is 0. The Hall–Kier alpha value is -1.41. The molecule has 0 unspecified atom stereocenters. The van der Waals surface area contributed by atoms with Crippen LogP contribution in [-0.2, 0) is 0 Å². The van der Waals surface area contributed by atoms with E-state index >= 15 is 0 Å². The van der Waals surface area contributed by atoms with Gasteiger partial charge in [0.1, 0.15) is 0 Å². The highest BCUT2D eigenvalue weighted by atomic mass is 32.1. The minimum atomic E-state index is 0.355. The molecule has 1 aromatic rings. The second kappa shape index (κ2) is 7.12. The third-order valence-corrected chi connectivity index (χ3v) is 2.87. The van der Waals surface area contributed by atoms with Crippen LogP contribution in [0, 0.1) is 6.92 Å². The lowest BCUT2D eigenvalue weighted by Gasteiger charge is -2.28. The smallest absolute Gasteiger partial charge is 0.0794 e. The first-order valence-corrected chi connectivity index (χ1v) is 6.63. The molecular weight excluding hydrogens is 238 g/mol. The molecule has 96 valence electrons. The van der Waals surface area contributed by atoms with E-state index in [4.69, 9.17) is 12.2 Å². The Balaban J connectivity index is 3.42. The van der Waals surface area contributed by atoms with Crippen molar-refractivity contribution in [2.75, 3.05) is 4.90 Å². The van der Waals surface area contributed by atoms with Crippen molar-refractivity contribution in [3.05, 3.63) is 54.1 Å². The molecule has 1 aromatic carbocycles. The van der Waals surface area contributed by atoms with Crippen molar-refractivity contribution >= 4 is 22.9 Å². The molecule has 0 aromatic heterocycles. The molecule has 0 radical (unpaired) electrons. The molecule has 0 fully saturated rings. The van der Waals surface area contributed by atoms with Crippen molar-refractivity contribution < 1.29 is 0 Å². The fourth-order valence-corrected chi connectivity index (χ4v) is 2.21. The van der Waals surface area contributed by atoms with E-state index in [1.807, 2.05) is 31.2 Å². The van der Waals surface area contributed by atoms with Crippen molar-refractivity contribution in [2.24, 2.45) is 0 Å². The summed E-state index contributed by atoms with van der Waals surface area (Å²) in [6.45, 7) is 8.40. The summed E-state index contributed by atoms with van der Waals surface area (Å²) in [5.74, 6) is 0. The van der Waals surface area contributed by atoms with Crippen LogP contribution < -0.4 is 4.90 Å². The molecule has 1 nitrogen and oxygen atoms in total. The zero-order chi connectivity index (χ0) is 13.5. The summed E-state index contributed by atoms with van der Waals surface area (Å²) in [5, 5.41) is 0. The Bertz CT molecular complexity index is 464. The van der Waals surface area contributed by atoms with Crippen molar-refractivity contribution in [1.29, 1.82) is 0 Å². The zero-order valence-corrected chi connectivity index (χ0v) is 12.4. The highest BCUT2D eigenvalue weighted by molar-refractivity contribution is 7.80. The van der Waals surface area contributed by atoms with Gasteiger partial charge in [0.2, 0.25) is 0 Å². The summed E-state index contributed by atoms with van der Waals surface area (Å²) < 4.78 is 0.